The highest BCUT2D eigenvalue weighted by Crippen LogP contribution is 2.32. The van der Waals surface area contributed by atoms with Crippen LogP contribution in [0.25, 0.3) is 10.8 Å². The van der Waals surface area contributed by atoms with E-state index in [0.717, 1.165) is 22.9 Å². The van der Waals surface area contributed by atoms with E-state index in [4.69, 9.17) is 5.73 Å². The van der Waals surface area contributed by atoms with Crippen LogP contribution < -0.4 is 5.73 Å². The molecule has 0 fully saturated rings. The van der Waals surface area contributed by atoms with E-state index in [1.165, 1.54) is 11.8 Å². The molecule has 6 heteroatoms. The van der Waals surface area contributed by atoms with Crippen molar-refractivity contribution in [2.45, 2.75) is 18.4 Å². The van der Waals surface area contributed by atoms with E-state index in [1.54, 1.807) is 12.1 Å². The molecular formula is C21H16N4OS. The first-order valence-corrected chi connectivity index (χ1v) is 9.39. The van der Waals surface area contributed by atoms with Crippen molar-refractivity contribution in [2.75, 3.05) is 11.5 Å². The number of rotatable bonds is 5. The average Bonchev–Trinajstić information content (AvgIpc) is 2.70. The maximum atomic E-state index is 13.4. The molecule has 0 aliphatic heterocycles. The number of nitrogens with two attached hydrogens (primary N) is 1. The fourth-order valence-electron chi connectivity index (χ4n) is 2.89. The second-order valence-electron chi connectivity index (χ2n) is 5.86. The van der Waals surface area contributed by atoms with Crippen LogP contribution in [0.4, 0.5) is 5.82 Å². The number of nitriles is 2. The lowest BCUT2D eigenvalue weighted by Gasteiger charge is -2.13. The number of aromatic nitrogens is 1. The Bertz CT molecular complexity index is 1120. The van der Waals surface area contributed by atoms with Gasteiger partial charge in [0, 0.05) is 5.56 Å². The zero-order valence-electron chi connectivity index (χ0n) is 14.7. The van der Waals surface area contributed by atoms with Crippen LogP contribution in [-0.2, 0) is 0 Å². The third kappa shape index (κ3) is 3.36. The van der Waals surface area contributed by atoms with Crippen LogP contribution in [0.5, 0.6) is 0 Å². The van der Waals surface area contributed by atoms with Gasteiger partial charge in [-0.3, -0.25) is 4.79 Å². The Morgan fingerprint density at radius 2 is 1.81 bits per heavy atom. The van der Waals surface area contributed by atoms with Crippen molar-refractivity contribution >= 4 is 34.1 Å². The van der Waals surface area contributed by atoms with Crippen LogP contribution in [0.2, 0.25) is 0 Å². The lowest BCUT2D eigenvalue weighted by molar-refractivity contribution is 0.103. The lowest BCUT2D eigenvalue weighted by Crippen LogP contribution is -2.13. The summed E-state index contributed by atoms with van der Waals surface area (Å²) in [6.07, 6.45) is 0.879. The number of thioether (sulfide) groups is 1. The molecule has 2 N–H and O–H groups in total. The van der Waals surface area contributed by atoms with E-state index in [9.17, 15) is 15.3 Å². The van der Waals surface area contributed by atoms with Gasteiger partial charge in [-0.15, -0.1) is 11.8 Å². The van der Waals surface area contributed by atoms with E-state index in [-0.39, 0.29) is 22.5 Å². The lowest BCUT2D eigenvalue weighted by atomic mass is 9.92. The molecule has 0 aliphatic rings. The Hall–Kier alpha value is -3.35. The van der Waals surface area contributed by atoms with E-state index in [2.05, 4.69) is 11.1 Å². The highest BCUT2D eigenvalue weighted by Gasteiger charge is 2.26. The minimum atomic E-state index is -0.396. The van der Waals surface area contributed by atoms with Crippen molar-refractivity contribution in [3.8, 4) is 12.1 Å². The summed E-state index contributed by atoms with van der Waals surface area (Å²) >= 11 is 1.36. The van der Waals surface area contributed by atoms with Gasteiger partial charge in [-0.25, -0.2) is 4.98 Å². The summed E-state index contributed by atoms with van der Waals surface area (Å²) < 4.78 is 0. The first-order valence-electron chi connectivity index (χ1n) is 8.41. The van der Waals surface area contributed by atoms with Crippen LogP contribution in [0.3, 0.4) is 0 Å². The monoisotopic (exact) mass is 372 g/mol. The van der Waals surface area contributed by atoms with Crippen molar-refractivity contribution in [1.82, 2.24) is 4.98 Å². The van der Waals surface area contributed by atoms with E-state index in [0.29, 0.717) is 10.6 Å². The van der Waals surface area contributed by atoms with Crippen molar-refractivity contribution in [2.24, 2.45) is 0 Å². The minimum Gasteiger partial charge on any atom is -0.383 e. The molecule has 5 nitrogen and oxygen atoms in total. The summed E-state index contributed by atoms with van der Waals surface area (Å²) in [5.41, 5.74) is 6.46. The van der Waals surface area contributed by atoms with Crippen molar-refractivity contribution in [3.05, 3.63) is 64.7 Å². The Balaban J connectivity index is 2.29. The first kappa shape index (κ1) is 18.4. The maximum absolute atomic E-state index is 13.4. The van der Waals surface area contributed by atoms with Gasteiger partial charge < -0.3 is 5.73 Å². The molecule has 0 saturated carbocycles. The molecule has 0 atom stereocenters. The summed E-state index contributed by atoms with van der Waals surface area (Å²) in [6.45, 7) is 2.01. The number of carbonyl (C=O) groups excluding carboxylic acids is 1. The number of hydrogen-bond acceptors (Lipinski definition) is 6. The van der Waals surface area contributed by atoms with Crippen LogP contribution in [0, 0.1) is 22.7 Å². The number of ketones is 1. The normalized spacial score (nSPS) is 10.3. The second-order valence-corrected chi connectivity index (χ2v) is 6.94. The van der Waals surface area contributed by atoms with Gasteiger partial charge in [0.25, 0.3) is 0 Å². The molecule has 0 saturated heterocycles. The number of nitrogen functional groups attached to an aromatic ring is 1. The van der Waals surface area contributed by atoms with Gasteiger partial charge in [0.05, 0.1) is 11.1 Å². The predicted octanol–water partition coefficient (Wildman–Crippen LogP) is 4.29. The molecule has 132 valence electrons. The van der Waals surface area contributed by atoms with Gasteiger partial charge in [0.15, 0.2) is 5.78 Å². The van der Waals surface area contributed by atoms with Crippen LogP contribution in [-0.4, -0.2) is 16.5 Å². The van der Waals surface area contributed by atoms with Gasteiger partial charge >= 0.3 is 0 Å². The van der Waals surface area contributed by atoms with Gasteiger partial charge in [0.1, 0.15) is 28.5 Å². The minimum absolute atomic E-state index is 0.0290. The van der Waals surface area contributed by atoms with E-state index < -0.39 is 5.78 Å². The van der Waals surface area contributed by atoms with Gasteiger partial charge in [-0.05, 0) is 22.9 Å². The Labute approximate surface area is 161 Å². The van der Waals surface area contributed by atoms with Crippen LogP contribution in [0.1, 0.15) is 40.4 Å². The number of nitrogens with zero attached hydrogens (tertiary/aromatic N) is 3. The van der Waals surface area contributed by atoms with Crippen molar-refractivity contribution in [1.29, 1.82) is 10.5 Å². The molecule has 0 spiro atoms. The number of carbonyl (C=O) groups is 1. The largest absolute Gasteiger partial charge is 0.383 e. The molecule has 1 aromatic heterocycles. The molecule has 2 aromatic carbocycles. The Kier molecular flexibility index (Phi) is 5.40. The van der Waals surface area contributed by atoms with Gasteiger partial charge in [-0.2, -0.15) is 10.5 Å². The Morgan fingerprint density at radius 3 is 2.52 bits per heavy atom. The fraction of sp³-hybridized carbons (Fsp3) is 0.143. The molecule has 0 unspecified atom stereocenters. The number of hydrogen-bond donors (Lipinski definition) is 1. The van der Waals surface area contributed by atoms with Crippen molar-refractivity contribution in [3.63, 3.8) is 0 Å². The molecule has 0 aliphatic carbocycles. The highest BCUT2D eigenvalue weighted by atomic mass is 32.2. The second kappa shape index (κ2) is 7.90. The van der Waals surface area contributed by atoms with Crippen LogP contribution >= 0.6 is 11.8 Å². The fourth-order valence-corrected chi connectivity index (χ4v) is 3.74. The molecule has 0 amide bonds. The third-order valence-corrected chi connectivity index (χ3v) is 5.30. The standard InChI is InChI=1S/C21H16N4OS/c1-2-10-27-21-17(12-23)18(16(11-22)20(24)25-21)19(26)15-9-5-7-13-6-3-4-8-14(13)15/h3-9H,2,10H2,1H3,(H2,24,25). The molecule has 3 aromatic rings. The molecule has 0 radical (unpaired) electrons. The summed E-state index contributed by atoms with van der Waals surface area (Å²) in [4.78, 5) is 17.6. The number of fused-ring (bicyclic) bond motifs is 1. The summed E-state index contributed by atoms with van der Waals surface area (Å²) in [7, 11) is 0. The van der Waals surface area contributed by atoms with Crippen LogP contribution in [0.15, 0.2) is 47.5 Å². The average molecular weight is 372 g/mol. The smallest absolute Gasteiger partial charge is 0.196 e. The molecule has 1 heterocycles. The van der Waals surface area contributed by atoms with E-state index >= 15 is 0 Å². The topological polar surface area (TPSA) is 104 Å². The molecule has 0 bridgehead atoms. The SMILES string of the molecule is CCCSc1nc(N)c(C#N)c(C(=O)c2cccc3ccccc23)c1C#N. The predicted molar refractivity (Wildman–Crippen MR) is 106 cm³/mol. The number of benzene rings is 2. The van der Waals surface area contributed by atoms with Crippen molar-refractivity contribution < 1.29 is 4.79 Å². The third-order valence-electron chi connectivity index (χ3n) is 4.12. The summed E-state index contributed by atoms with van der Waals surface area (Å²) in [6, 6.07) is 16.9. The van der Waals surface area contributed by atoms with E-state index in [1.807, 2.05) is 43.3 Å². The molecule has 3 rings (SSSR count). The quantitative estimate of drug-likeness (QED) is 0.529. The Morgan fingerprint density at radius 1 is 1.11 bits per heavy atom. The number of pyridine rings is 1. The highest BCUT2D eigenvalue weighted by molar-refractivity contribution is 7.99. The molecule has 27 heavy (non-hydrogen) atoms. The summed E-state index contributed by atoms with van der Waals surface area (Å²) in [5, 5.41) is 21.3. The molecular weight excluding hydrogens is 356 g/mol. The van der Waals surface area contributed by atoms with Gasteiger partial charge in [0.2, 0.25) is 0 Å². The van der Waals surface area contributed by atoms with Gasteiger partial charge in [-0.1, -0.05) is 49.4 Å². The summed E-state index contributed by atoms with van der Waals surface area (Å²) in [5.74, 6) is 0.306. The number of anilines is 1. The first-order chi connectivity index (χ1) is 13.1. The zero-order chi connectivity index (χ0) is 19.4. The zero-order valence-corrected chi connectivity index (χ0v) is 15.5. The maximum Gasteiger partial charge on any atom is 0.196 e.